The lowest BCUT2D eigenvalue weighted by Gasteiger charge is -2.09. The highest BCUT2D eigenvalue weighted by atomic mass is 79.9. The van der Waals surface area contributed by atoms with E-state index in [0.717, 1.165) is 10.7 Å². The maximum Gasteiger partial charge on any atom is 0.377 e. The molecule has 0 aromatic heterocycles. The molecule has 0 aliphatic heterocycles. The second-order valence-electron chi connectivity index (χ2n) is 2.89. The number of carbonyl (C=O) groups excluding carboxylic acids is 1. The van der Waals surface area contributed by atoms with Crippen LogP contribution in [0.2, 0.25) is 5.02 Å². The van der Waals surface area contributed by atoms with E-state index in [2.05, 4.69) is 20.7 Å². The molecule has 1 aromatic rings. The van der Waals surface area contributed by atoms with Gasteiger partial charge in [0.25, 0.3) is 0 Å². The molecule has 1 rings (SSSR count). The second kappa shape index (κ2) is 6.51. The van der Waals surface area contributed by atoms with E-state index in [1.807, 2.05) is 0 Å². The number of methoxy groups -OCH3 is 2. The molecule has 17 heavy (non-hydrogen) atoms. The van der Waals surface area contributed by atoms with Crippen LogP contribution in [0.15, 0.2) is 34.7 Å². The zero-order valence-corrected chi connectivity index (χ0v) is 11.5. The predicted molar refractivity (Wildman–Crippen MR) is 66.9 cm³/mol. The van der Waals surface area contributed by atoms with Gasteiger partial charge in [-0.1, -0.05) is 27.5 Å². The Balaban J connectivity index is 2.97. The van der Waals surface area contributed by atoms with Crippen LogP contribution in [-0.2, 0) is 14.3 Å². The van der Waals surface area contributed by atoms with Gasteiger partial charge in [-0.15, -0.1) is 0 Å². The van der Waals surface area contributed by atoms with Gasteiger partial charge in [0.1, 0.15) is 12.0 Å². The van der Waals surface area contributed by atoms with Crippen molar-refractivity contribution in [1.29, 1.82) is 0 Å². The van der Waals surface area contributed by atoms with Gasteiger partial charge >= 0.3 is 5.97 Å². The summed E-state index contributed by atoms with van der Waals surface area (Å²) in [5.41, 5.74) is 0. The molecule has 0 spiro atoms. The number of carbonyl (C=O) groups is 1. The van der Waals surface area contributed by atoms with E-state index >= 15 is 0 Å². The van der Waals surface area contributed by atoms with Crippen molar-refractivity contribution in [3.8, 4) is 5.75 Å². The molecule has 0 amide bonds. The van der Waals surface area contributed by atoms with Gasteiger partial charge in [-0.25, -0.2) is 4.79 Å². The monoisotopic (exact) mass is 320 g/mol. The van der Waals surface area contributed by atoms with Crippen molar-refractivity contribution >= 4 is 33.5 Å². The molecule has 0 aliphatic rings. The molecular weight excluding hydrogens is 311 g/mol. The molecule has 0 saturated heterocycles. The summed E-state index contributed by atoms with van der Waals surface area (Å²) in [6.45, 7) is 0. The highest BCUT2D eigenvalue weighted by Gasteiger charge is 2.15. The molecule has 0 atom stereocenters. The molecule has 0 aliphatic carbocycles. The van der Waals surface area contributed by atoms with E-state index in [0.29, 0.717) is 10.8 Å². The number of esters is 1. The highest BCUT2D eigenvalue weighted by molar-refractivity contribution is 9.10. The Morgan fingerprint density at radius 2 is 2.12 bits per heavy atom. The van der Waals surface area contributed by atoms with Crippen LogP contribution in [0.1, 0.15) is 0 Å². The second-order valence-corrected chi connectivity index (χ2v) is 4.21. The number of benzene rings is 1. The summed E-state index contributed by atoms with van der Waals surface area (Å²) in [5, 5.41) is 0.374. The Morgan fingerprint density at radius 1 is 1.41 bits per heavy atom. The van der Waals surface area contributed by atoms with E-state index in [4.69, 9.17) is 21.1 Å². The first-order valence-electron chi connectivity index (χ1n) is 4.52. The lowest BCUT2D eigenvalue weighted by Crippen LogP contribution is -2.11. The maximum absolute atomic E-state index is 11.4. The van der Waals surface area contributed by atoms with Gasteiger partial charge in [0.2, 0.25) is 5.76 Å². The third-order valence-electron chi connectivity index (χ3n) is 1.72. The van der Waals surface area contributed by atoms with Gasteiger partial charge in [0.05, 0.1) is 19.2 Å². The van der Waals surface area contributed by atoms with E-state index in [9.17, 15) is 4.79 Å². The minimum atomic E-state index is -0.650. The van der Waals surface area contributed by atoms with Gasteiger partial charge in [0, 0.05) is 4.47 Å². The first kappa shape index (κ1) is 13.9. The SMILES string of the molecule is CO/C=C(\Oc1cc(Br)ccc1Cl)C(=O)OC. The first-order valence-corrected chi connectivity index (χ1v) is 5.69. The molecule has 6 heteroatoms. The Labute approximate surface area is 112 Å². The Hall–Kier alpha value is -1.20. The third-order valence-corrected chi connectivity index (χ3v) is 2.53. The van der Waals surface area contributed by atoms with Crippen LogP contribution in [0.4, 0.5) is 0 Å². The smallest absolute Gasteiger partial charge is 0.377 e. The van der Waals surface area contributed by atoms with Crippen LogP contribution in [0.5, 0.6) is 5.75 Å². The summed E-state index contributed by atoms with van der Waals surface area (Å²) < 4.78 is 15.4. The van der Waals surface area contributed by atoms with E-state index < -0.39 is 5.97 Å². The fourth-order valence-corrected chi connectivity index (χ4v) is 1.49. The fourth-order valence-electron chi connectivity index (χ4n) is 0.995. The number of hydrogen-bond donors (Lipinski definition) is 0. The molecule has 0 fully saturated rings. The Bertz CT molecular complexity index is 445. The fraction of sp³-hybridized carbons (Fsp3) is 0.182. The third kappa shape index (κ3) is 3.94. The summed E-state index contributed by atoms with van der Waals surface area (Å²) in [7, 11) is 2.65. The number of halogens is 2. The van der Waals surface area contributed by atoms with Crippen LogP contribution in [-0.4, -0.2) is 20.2 Å². The summed E-state index contributed by atoms with van der Waals surface area (Å²) >= 11 is 9.20. The molecule has 0 unspecified atom stereocenters. The van der Waals surface area contributed by atoms with E-state index in [-0.39, 0.29) is 5.76 Å². The topological polar surface area (TPSA) is 44.8 Å². The van der Waals surface area contributed by atoms with Crippen LogP contribution in [0, 0.1) is 0 Å². The Morgan fingerprint density at radius 3 is 2.71 bits per heavy atom. The van der Waals surface area contributed by atoms with Gasteiger partial charge < -0.3 is 14.2 Å². The first-order chi connectivity index (χ1) is 8.08. The number of hydrogen-bond acceptors (Lipinski definition) is 4. The molecule has 1 aromatic carbocycles. The molecule has 0 saturated carbocycles. The van der Waals surface area contributed by atoms with Gasteiger partial charge in [0.15, 0.2) is 0 Å². The normalized spacial score (nSPS) is 10.9. The molecular formula is C11H10BrClO4. The molecule has 0 bridgehead atoms. The van der Waals surface area contributed by atoms with Crippen LogP contribution in [0.3, 0.4) is 0 Å². The average molecular weight is 322 g/mol. The highest BCUT2D eigenvalue weighted by Crippen LogP contribution is 2.29. The summed E-state index contributed by atoms with van der Waals surface area (Å²) in [6, 6.07) is 5.03. The summed E-state index contributed by atoms with van der Waals surface area (Å²) in [5.74, 6) is -0.410. The van der Waals surface area contributed by atoms with Crippen molar-refractivity contribution < 1.29 is 19.0 Å². The zero-order valence-electron chi connectivity index (χ0n) is 9.20. The van der Waals surface area contributed by atoms with Gasteiger partial charge in [-0.3, -0.25) is 0 Å². The van der Waals surface area contributed by atoms with Crippen molar-refractivity contribution in [3.63, 3.8) is 0 Å². The standard InChI is InChI=1S/C11H10BrClO4/c1-15-6-10(11(14)16-2)17-9-5-7(12)3-4-8(9)13/h3-6H,1-2H3/b10-6-. The predicted octanol–water partition coefficient (Wildman–Crippen LogP) is 3.14. The van der Waals surface area contributed by atoms with Crippen molar-refractivity contribution in [2.45, 2.75) is 0 Å². The van der Waals surface area contributed by atoms with Crippen molar-refractivity contribution in [3.05, 3.63) is 39.7 Å². The molecule has 0 N–H and O–H groups in total. The lowest BCUT2D eigenvalue weighted by atomic mass is 10.3. The van der Waals surface area contributed by atoms with Crippen LogP contribution < -0.4 is 4.74 Å². The van der Waals surface area contributed by atoms with Crippen LogP contribution >= 0.6 is 27.5 Å². The van der Waals surface area contributed by atoms with E-state index in [1.165, 1.54) is 14.2 Å². The van der Waals surface area contributed by atoms with Crippen LogP contribution in [0.25, 0.3) is 0 Å². The van der Waals surface area contributed by atoms with Gasteiger partial charge in [-0.2, -0.15) is 0 Å². The number of rotatable bonds is 4. The lowest BCUT2D eigenvalue weighted by molar-refractivity contribution is -0.138. The quantitative estimate of drug-likeness (QED) is 0.485. The largest absolute Gasteiger partial charge is 0.500 e. The van der Waals surface area contributed by atoms with E-state index in [1.54, 1.807) is 18.2 Å². The number of ether oxygens (including phenoxy) is 3. The molecule has 0 radical (unpaired) electrons. The summed E-state index contributed by atoms with van der Waals surface area (Å²) in [6.07, 6.45) is 1.14. The maximum atomic E-state index is 11.4. The minimum Gasteiger partial charge on any atom is -0.500 e. The zero-order chi connectivity index (χ0) is 12.8. The molecule has 4 nitrogen and oxygen atoms in total. The van der Waals surface area contributed by atoms with Crippen molar-refractivity contribution in [2.24, 2.45) is 0 Å². The molecule has 0 heterocycles. The summed E-state index contributed by atoms with van der Waals surface area (Å²) in [4.78, 5) is 11.4. The molecule has 92 valence electrons. The van der Waals surface area contributed by atoms with Crippen molar-refractivity contribution in [2.75, 3.05) is 14.2 Å². The Kier molecular flexibility index (Phi) is 5.31. The minimum absolute atomic E-state index is 0.0880. The average Bonchev–Trinajstić information content (AvgIpc) is 2.32. The van der Waals surface area contributed by atoms with Crippen molar-refractivity contribution in [1.82, 2.24) is 0 Å². The van der Waals surface area contributed by atoms with Gasteiger partial charge in [-0.05, 0) is 18.2 Å².